The summed E-state index contributed by atoms with van der Waals surface area (Å²) in [6, 6.07) is 21.2. The number of carbonyl (C=O) groups excluding carboxylic acids is 2. The van der Waals surface area contributed by atoms with Crippen LogP contribution < -0.4 is 10.6 Å². The van der Waals surface area contributed by atoms with Gasteiger partial charge in [-0.3, -0.25) is 0 Å². The number of oxazole rings is 1. The molecule has 0 saturated carbocycles. The van der Waals surface area contributed by atoms with Crippen LogP contribution in [0, 0.1) is 5.92 Å². The summed E-state index contributed by atoms with van der Waals surface area (Å²) in [5.74, 6) is 0.169. The fraction of sp³-hybridized carbons (Fsp3) is 0.265. The Morgan fingerprint density at radius 3 is 2.49 bits per heavy atom. The standard InChI is InChI=1S/C34H35BrN4O6/c1-20(2)28(32-39-30(33(41)43-3)31(45-32)26-18-37-29-25(26)10-7-11-27(29)35)36-17-23(16-21-12-14-24(40)15-13-21)38-34(42)44-19-22-8-5-4-6-9-22/h4-15,18,20,23,28,36-37,40H,16-17,19H2,1-3H3,(H,38,42)/t23-,28+/m1/s1. The number of carbonyl (C=O) groups is 2. The van der Waals surface area contributed by atoms with Crippen molar-refractivity contribution in [1.82, 2.24) is 20.6 Å². The van der Waals surface area contributed by atoms with Gasteiger partial charge in [0.05, 0.1) is 18.7 Å². The number of benzene rings is 3. The van der Waals surface area contributed by atoms with Crippen molar-refractivity contribution in [3.63, 3.8) is 0 Å². The molecule has 11 heteroatoms. The first-order chi connectivity index (χ1) is 21.7. The molecule has 0 fully saturated rings. The number of rotatable bonds is 12. The van der Waals surface area contributed by atoms with Gasteiger partial charge in [-0.05, 0) is 57.6 Å². The van der Waals surface area contributed by atoms with E-state index in [1.807, 2.05) is 74.5 Å². The second-order valence-electron chi connectivity index (χ2n) is 11.0. The van der Waals surface area contributed by atoms with Crippen molar-refractivity contribution in [2.45, 2.75) is 39.0 Å². The molecule has 0 saturated heterocycles. The highest BCUT2D eigenvalue weighted by Crippen LogP contribution is 2.36. The Balaban J connectivity index is 1.38. The van der Waals surface area contributed by atoms with Gasteiger partial charge in [-0.25, -0.2) is 14.6 Å². The van der Waals surface area contributed by atoms with Crippen LogP contribution in [0.4, 0.5) is 4.79 Å². The number of aromatic hydroxyl groups is 1. The molecule has 3 aromatic carbocycles. The highest BCUT2D eigenvalue weighted by Gasteiger charge is 2.30. The Morgan fingerprint density at radius 1 is 1.02 bits per heavy atom. The van der Waals surface area contributed by atoms with E-state index in [9.17, 15) is 14.7 Å². The number of halogens is 1. The lowest BCUT2D eigenvalue weighted by Crippen LogP contribution is -2.45. The fourth-order valence-corrected chi connectivity index (χ4v) is 5.57. The lowest BCUT2D eigenvalue weighted by atomic mass is 10.0. The second kappa shape index (κ2) is 14.4. The molecule has 0 aliphatic carbocycles. The largest absolute Gasteiger partial charge is 0.508 e. The summed E-state index contributed by atoms with van der Waals surface area (Å²) in [5.41, 5.74) is 3.41. The molecule has 45 heavy (non-hydrogen) atoms. The van der Waals surface area contributed by atoms with E-state index in [1.165, 1.54) is 7.11 Å². The van der Waals surface area contributed by atoms with Crippen molar-refractivity contribution in [2.24, 2.45) is 5.92 Å². The Labute approximate surface area is 269 Å². The molecule has 5 rings (SSSR count). The van der Waals surface area contributed by atoms with E-state index in [1.54, 1.807) is 18.3 Å². The summed E-state index contributed by atoms with van der Waals surface area (Å²) in [4.78, 5) is 33.6. The van der Waals surface area contributed by atoms with Gasteiger partial charge in [0.1, 0.15) is 12.4 Å². The van der Waals surface area contributed by atoms with E-state index in [-0.39, 0.29) is 30.0 Å². The van der Waals surface area contributed by atoms with Gasteiger partial charge >= 0.3 is 12.1 Å². The van der Waals surface area contributed by atoms with Crippen LogP contribution in [0.25, 0.3) is 22.2 Å². The van der Waals surface area contributed by atoms with Gasteiger partial charge in [-0.1, -0.05) is 68.4 Å². The van der Waals surface area contributed by atoms with Crippen molar-refractivity contribution in [3.8, 4) is 17.1 Å². The molecule has 0 spiro atoms. The molecule has 4 N–H and O–H groups in total. The van der Waals surface area contributed by atoms with Gasteiger partial charge in [0.2, 0.25) is 5.89 Å². The maximum Gasteiger partial charge on any atom is 0.407 e. The molecular formula is C34H35BrN4O6. The smallest absolute Gasteiger partial charge is 0.407 e. The van der Waals surface area contributed by atoms with E-state index in [0.29, 0.717) is 30.2 Å². The molecule has 2 atom stereocenters. The minimum Gasteiger partial charge on any atom is -0.508 e. The molecule has 234 valence electrons. The van der Waals surface area contributed by atoms with Crippen LogP contribution in [-0.4, -0.2) is 46.8 Å². The summed E-state index contributed by atoms with van der Waals surface area (Å²) in [6.07, 6.45) is 1.69. The molecule has 2 aromatic heterocycles. The summed E-state index contributed by atoms with van der Waals surface area (Å²) in [7, 11) is 1.31. The Bertz CT molecular complexity index is 1750. The third-order valence-electron chi connectivity index (χ3n) is 7.40. The first-order valence-electron chi connectivity index (χ1n) is 14.6. The van der Waals surface area contributed by atoms with E-state index in [4.69, 9.17) is 13.9 Å². The van der Waals surface area contributed by atoms with Gasteiger partial charge in [-0.15, -0.1) is 0 Å². The lowest BCUT2D eigenvalue weighted by molar-refractivity contribution is 0.0595. The Kier molecular flexibility index (Phi) is 10.2. The van der Waals surface area contributed by atoms with Crippen LogP contribution in [0.1, 0.15) is 47.4 Å². The average Bonchev–Trinajstić information content (AvgIpc) is 3.67. The Morgan fingerprint density at radius 2 is 1.78 bits per heavy atom. The number of methoxy groups -OCH3 is 1. The quantitative estimate of drug-likeness (QED) is 0.105. The van der Waals surface area contributed by atoms with Crippen molar-refractivity contribution >= 4 is 38.9 Å². The van der Waals surface area contributed by atoms with Crippen LogP contribution in [0.2, 0.25) is 0 Å². The number of nitrogens with one attached hydrogen (secondary N) is 3. The highest BCUT2D eigenvalue weighted by atomic mass is 79.9. The monoisotopic (exact) mass is 674 g/mol. The number of para-hydroxylation sites is 1. The third-order valence-corrected chi connectivity index (χ3v) is 8.06. The van der Waals surface area contributed by atoms with Crippen molar-refractivity contribution in [2.75, 3.05) is 13.7 Å². The molecule has 5 aromatic rings. The van der Waals surface area contributed by atoms with Gasteiger partial charge in [0.25, 0.3) is 0 Å². The van der Waals surface area contributed by atoms with Crippen LogP contribution >= 0.6 is 15.9 Å². The number of aromatic amines is 1. The topological polar surface area (TPSA) is 139 Å². The van der Waals surface area contributed by atoms with E-state index < -0.39 is 18.1 Å². The number of H-pyrrole nitrogens is 1. The number of aromatic nitrogens is 2. The van der Waals surface area contributed by atoms with Crippen LogP contribution in [0.3, 0.4) is 0 Å². The van der Waals surface area contributed by atoms with E-state index >= 15 is 0 Å². The number of ether oxygens (including phenoxy) is 2. The predicted molar refractivity (Wildman–Crippen MR) is 174 cm³/mol. The molecule has 10 nitrogen and oxygen atoms in total. The Hall–Kier alpha value is -4.61. The summed E-state index contributed by atoms with van der Waals surface area (Å²) >= 11 is 3.56. The van der Waals surface area contributed by atoms with Gasteiger partial charge < -0.3 is 34.6 Å². The number of amides is 1. The normalized spacial score (nSPS) is 12.6. The van der Waals surface area contributed by atoms with Gasteiger partial charge in [-0.2, -0.15) is 0 Å². The van der Waals surface area contributed by atoms with E-state index in [2.05, 4.69) is 36.5 Å². The number of phenolic OH excluding ortho intramolecular Hbond substituents is 1. The van der Waals surface area contributed by atoms with Crippen LogP contribution in [0.5, 0.6) is 5.75 Å². The average molecular weight is 676 g/mol. The molecule has 2 heterocycles. The van der Waals surface area contributed by atoms with E-state index in [0.717, 1.165) is 26.5 Å². The van der Waals surface area contributed by atoms with Gasteiger partial charge in [0.15, 0.2) is 11.5 Å². The van der Waals surface area contributed by atoms with Crippen molar-refractivity contribution < 1.29 is 28.6 Å². The number of nitrogens with zero attached hydrogens (tertiary/aromatic N) is 1. The number of phenols is 1. The van der Waals surface area contributed by atoms with Crippen molar-refractivity contribution in [3.05, 3.63) is 106 Å². The minimum absolute atomic E-state index is 0.00142. The molecule has 0 aliphatic rings. The zero-order valence-corrected chi connectivity index (χ0v) is 26.8. The molecule has 0 bridgehead atoms. The molecule has 1 amide bonds. The number of alkyl carbamates (subject to hydrolysis) is 1. The summed E-state index contributed by atoms with van der Waals surface area (Å²) in [6.45, 7) is 4.49. The molecule has 0 radical (unpaired) electrons. The number of esters is 1. The first-order valence-corrected chi connectivity index (χ1v) is 15.4. The zero-order chi connectivity index (χ0) is 31.9. The lowest BCUT2D eigenvalue weighted by Gasteiger charge is -2.24. The highest BCUT2D eigenvalue weighted by molar-refractivity contribution is 9.10. The van der Waals surface area contributed by atoms with Crippen molar-refractivity contribution in [1.29, 1.82) is 0 Å². The maximum atomic E-state index is 12.9. The maximum absolute atomic E-state index is 12.9. The van der Waals surface area contributed by atoms with Crippen LogP contribution in [0.15, 0.2) is 87.9 Å². The number of fused-ring (bicyclic) bond motifs is 1. The molecule has 0 unspecified atom stereocenters. The summed E-state index contributed by atoms with van der Waals surface area (Å²) in [5, 5.41) is 17.1. The molecule has 0 aliphatic heterocycles. The minimum atomic E-state index is -0.611. The third kappa shape index (κ3) is 7.73. The number of hydrogen-bond donors (Lipinski definition) is 4. The molecular weight excluding hydrogens is 640 g/mol. The fourth-order valence-electron chi connectivity index (χ4n) is 5.09. The zero-order valence-electron chi connectivity index (χ0n) is 25.2. The second-order valence-corrected chi connectivity index (χ2v) is 11.8. The predicted octanol–water partition coefficient (Wildman–Crippen LogP) is 6.90. The SMILES string of the molecule is COC(=O)c1nc([C@@H](NC[C@@H](Cc2ccc(O)cc2)NC(=O)OCc2ccccc2)C(C)C)oc1-c1c[nH]c2c(Br)cccc12. The number of hydrogen-bond acceptors (Lipinski definition) is 8. The summed E-state index contributed by atoms with van der Waals surface area (Å²) < 4.78 is 17.8. The van der Waals surface area contributed by atoms with Crippen LogP contribution in [-0.2, 0) is 22.5 Å². The first kappa shape index (κ1) is 31.8. The van der Waals surface area contributed by atoms with Gasteiger partial charge in [0, 0.05) is 34.2 Å².